The van der Waals surface area contributed by atoms with Gasteiger partial charge in [-0.2, -0.15) is 4.80 Å². The van der Waals surface area contributed by atoms with E-state index in [9.17, 15) is 0 Å². The lowest BCUT2D eigenvalue weighted by Gasteiger charge is -2.47. The van der Waals surface area contributed by atoms with E-state index in [-0.39, 0.29) is 11.6 Å². The lowest BCUT2D eigenvalue weighted by atomic mass is 9.68. The van der Waals surface area contributed by atoms with Crippen LogP contribution >= 0.6 is 0 Å². The number of nitrogens with zero attached hydrogens (tertiary/aromatic N) is 4. The normalized spacial score (nSPS) is 22.1. The van der Waals surface area contributed by atoms with Crippen molar-refractivity contribution in [3.63, 3.8) is 0 Å². The van der Waals surface area contributed by atoms with Gasteiger partial charge < -0.3 is 10.1 Å². The van der Waals surface area contributed by atoms with E-state index in [0.29, 0.717) is 5.41 Å². The van der Waals surface area contributed by atoms with Crippen molar-refractivity contribution in [1.29, 1.82) is 0 Å². The molecule has 1 aliphatic carbocycles. The zero-order valence-electron chi connectivity index (χ0n) is 14.0. The molecule has 120 valence electrons. The summed E-state index contributed by atoms with van der Waals surface area (Å²) in [7, 11) is 3.64. The van der Waals surface area contributed by atoms with Crippen LogP contribution in [-0.4, -0.2) is 45.5 Å². The molecule has 1 unspecified atom stereocenters. The first-order valence-corrected chi connectivity index (χ1v) is 7.92. The van der Waals surface area contributed by atoms with Crippen molar-refractivity contribution in [2.75, 3.05) is 13.7 Å². The Balaban J connectivity index is 2.14. The van der Waals surface area contributed by atoms with Crippen molar-refractivity contribution in [1.82, 2.24) is 25.5 Å². The second-order valence-corrected chi connectivity index (χ2v) is 6.94. The number of hydrogen-bond acceptors (Lipinski definition) is 5. The molecular weight excluding hydrogens is 266 g/mol. The summed E-state index contributed by atoms with van der Waals surface area (Å²) in [4.78, 5) is 1.52. The second kappa shape index (κ2) is 6.40. The molecule has 21 heavy (non-hydrogen) atoms. The predicted octanol–water partition coefficient (Wildman–Crippen LogP) is 1.72. The SMILES string of the molecule is CCNC(Cc1nnn(C)n1)C1(OC)CCC(C)(C)CC1. The van der Waals surface area contributed by atoms with Crippen LogP contribution in [0.5, 0.6) is 0 Å². The molecule has 6 heteroatoms. The molecular formula is C15H29N5O. The molecule has 1 aliphatic rings. The monoisotopic (exact) mass is 295 g/mol. The molecule has 1 fully saturated rings. The van der Waals surface area contributed by atoms with Crippen LogP contribution in [0.2, 0.25) is 0 Å². The summed E-state index contributed by atoms with van der Waals surface area (Å²) < 4.78 is 6.02. The molecule has 1 aromatic rings. The van der Waals surface area contributed by atoms with Gasteiger partial charge in [0.2, 0.25) is 0 Å². The highest BCUT2D eigenvalue weighted by atomic mass is 16.5. The molecule has 0 spiro atoms. The Bertz CT molecular complexity index is 447. The van der Waals surface area contributed by atoms with E-state index < -0.39 is 0 Å². The van der Waals surface area contributed by atoms with Gasteiger partial charge in [-0.3, -0.25) is 0 Å². The molecule has 6 nitrogen and oxygen atoms in total. The molecule has 0 amide bonds. The third kappa shape index (κ3) is 3.80. The van der Waals surface area contributed by atoms with Gasteiger partial charge in [0.1, 0.15) is 0 Å². The smallest absolute Gasteiger partial charge is 0.176 e. The molecule has 0 aliphatic heterocycles. The molecule has 0 aromatic carbocycles. The van der Waals surface area contributed by atoms with Gasteiger partial charge in [-0.05, 0) is 42.9 Å². The van der Waals surface area contributed by atoms with E-state index in [1.165, 1.54) is 17.6 Å². The van der Waals surface area contributed by atoms with Crippen molar-refractivity contribution < 1.29 is 4.74 Å². The molecule has 1 atom stereocenters. The first-order chi connectivity index (χ1) is 9.91. The number of aryl methyl sites for hydroxylation is 1. The van der Waals surface area contributed by atoms with Gasteiger partial charge in [-0.1, -0.05) is 20.8 Å². The minimum absolute atomic E-state index is 0.120. The highest BCUT2D eigenvalue weighted by Crippen LogP contribution is 2.43. The third-order valence-electron chi connectivity index (χ3n) is 4.88. The van der Waals surface area contributed by atoms with Crippen LogP contribution in [-0.2, 0) is 18.2 Å². The predicted molar refractivity (Wildman–Crippen MR) is 82.0 cm³/mol. The fourth-order valence-corrected chi connectivity index (χ4v) is 3.32. The minimum Gasteiger partial charge on any atom is -0.377 e. The topological polar surface area (TPSA) is 64.9 Å². The molecule has 1 heterocycles. The molecule has 0 bridgehead atoms. The van der Waals surface area contributed by atoms with Crippen molar-refractivity contribution in [2.24, 2.45) is 12.5 Å². The van der Waals surface area contributed by atoms with Crippen LogP contribution < -0.4 is 5.32 Å². The van der Waals surface area contributed by atoms with Gasteiger partial charge in [0.15, 0.2) is 5.82 Å². The summed E-state index contributed by atoms with van der Waals surface area (Å²) in [6.07, 6.45) is 5.30. The highest BCUT2D eigenvalue weighted by molar-refractivity contribution is 5.02. The van der Waals surface area contributed by atoms with Crippen molar-refractivity contribution in [3.05, 3.63) is 5.82 Å². The summed E-state index contributed by atoms with van der Waals surface area (Å²) in [5.74, 6) is 0.782. The van der Waals surface area contributed by atoms with Gasteiger partial charge >= 0.3 is 0 Å². The van der Waals surface area contributed by atoms with Gasteiger partial charge in [0, 0.05) is 19.6 Å². The zero-order chi connectivity index (χ0) is 15.5. The average Bonchev–Trinajstić information content (AvgIpc) is 2.85. The summed E-state index contributed by atoms with van der Waals surface area (Å²) in [5.41, 5.74) is 0.300. The minimum atomic E-state index is -0.120. The zero-order valence-corrected chi connectivity index (χ0v) is 14.0. The summed E-state index contributed by atoms with van der Waals surface area (Å²) in [6, 6.07) is 0.229. The van der Waals surface area contributed by atoms with Crippen LogP contribution in [0.15, 0.2) is 0 Å². The number of likely N-dealkylation sites (N-methyl/N-ethyl adjacent to an activating group) is 1. The largest absolute Gasteiger partial charge is 0.377 e. The third-order valence-corrected chi connectivity index (χ3v) is 4.88. The Kier molecular flexibility index (Phi) is 4.99. The summed E-state index contributed by atoms with van der Waals surface area (Å²) in [6.45, 7) is 7.74. The number of tetrazole rings is 1. The summed E-state index contributed by atoms with van der Waals surface area (Å²) in [5, 5.41) is 16.0. The first kappa shape index (κ1) is 16.4. The number of aromatic nitrogens is 4. The van der Waals surface area contributed by atoms with E-state index in [2.05, 4.69) is 41.5 Å². The first-order valence-electron chi connectivity index (χ1n) is 7.92. The maximum absolute atomic E-state index is 6.02. The highest BCUT2D eigenvalue weighted by Gasteiger charge is 2.44. The molecule has 1 N–H and O–H groups in total. The van der Waals surface area contributed by atoms with Gasteiger partial charge in [-0.15, -0.1) is 10.2 Å². The molecule has 2 rings (SSSR count). The van der Waals surface area contributed by atoms with Crippen LogP contribution in [0.4, 0.5) is 0 Å². The fraction of sp³-hybridized carbons (Fsp3) is 0.933. The van der Waals surface area contributed by atoms with Gasteiger partial charge in [0.25, 0.3) is 0 Å². The Labute approximate surface area is 127 Å². The molecule has 1 aromatic heterocycles. The maximum Gasteiger partial charge on any atom is 0.176 e. The van der Waals surface area contributed by atoms with E-state index in [0.717, 1.165) is 31.6 Å². The van der Waals surface area contributed by atoms with Crippen molar-refractivity contribution in [2.45, 2.75) is 64.5 Å². The lowest BCUT2D eigenvalue weighted by molar-refractivity contribution is -0.0862. The van der Waals surface area contributed by atoms with E-state index in [1.54, 1.807) is 7.05 Å². The second-order valence-electron chi connectivity index (χ2n) is 6.94. The van der Waals surface area contributed by atoms with E-state index in [1.807, 2.05) is 7.11 Å². The van der Waals surface area contributed by atoms with Crippen molar-refractivity contribution >= 4 is 0 Å². The number of hydrogen-bond donors (Lipinski definition) is 1. The standard InChI is InChI=1S/C15H29N5O/c1-6-16-12(11-13-17-19-20(4)18-13)15(21-5)9-7-14(2,3)8-10-15/h12,16H,6-11H2,1-5H3. The Hall–Kier alpha value is -1.01. The quantitative estimate of drug-likeness (QED) is 0.865. The Morgan fingerprint density at radius 1 is 1.29 bits per heavy atom. The Morgan fingerprint density at radius 2 is 1.95 bits per heavy atom. The summed E-state index contributed by atoms with van der Waals surface area (Å²) >= 11 is 0. The Morgan fingerprint density at radius 3 is 2.43 bits per heavy atom. The molecule has 0 radical (unpaired) electrons. The van der Waals surface area contributed by atoms with Crippen LogP contribution in [0.25, 0.3) is 0 Å². The fourth-order valence-electron chi connectivity index (χ4n) is 3.32. The maximum atomic E-state index is 6.02. The van der Waals surface area contributed by atoms with Crippen molar-refractivity contribution in [3.8, 4) is 0 Å². The molecule has 0 saturated heterocycles. The number of methoxy groups -OCH3 is 1. The van der Waals surface area contributed by atoms with E-state index >= 15 is 0 Å². The van der Waals surface area contributed by atoms with Crippen LogP contribution in [0.3, 0.4) is 0 Å². The number of nitrogens with one attached hydrogen (secondary N) is 1. The van der Waals surface area contributed by atoms with Crippen LogP contribution in [0, 0.1) is 5.41 Å². The average molecular weight is 295 g/mol. The lowest BCUT2D eigenvalue weighted by Crippen LogP contribution is -2.55. The molecule has 1 saturated carbocycles. The number of ether oxygens (including phenoxy) is 1. The van der Waals surface area contributed by atoms with Crippen LogP contribution in [0.1, 0.15) is 52.3 Å². The van der Waals surface area contributed by atoms with Gasteiger partial charge in [0.05, 0.1) is 12.6 Å². The van der Waals surface area contributed by atoms with E-state index in [4.69, 9.17) is 4.74 Å². The van der Waals surface area contributed by atoms with Gasteiger partial charge in [-0.25, -0.2) is 0 Å². The number of rotatable bonds is 6.